The molecule has 0 aliphatic carbocycles. The fourth-order valence-electron chi connectivity index (χ4n) is 2.71. The maximum Gasteiger partial charge on any atom is 0.223 e. The number of amides is 1. The van der Waals surface area contributed by atoms with E-state index in [0.29, 0.717) is 31.8 Å². The Bertz CT molecular complexity index is 426. The second kappa shape index (κ2) is 8.13. The van der Waals surface area contributed by atoms with Crippen molar-refractivity contribution in [2.75, 3.05) is 19.3 Å². The van der Waals surface area contributed by atoms with Gasteiger partial charge >= 0.3 is 0 Å². The van der Waals surface area contributed by atoms with Crippen molar-refractivity contribution in [2.24, 2.45) is 11.8 Å². The number of carbonyl (C=O) groups excluding carboxylic acids is 1. The minimum Gasteiger partial charge on any atom is -0.353 e. The first kappa shape index (κ1) is 18.4. The van der Waals surface area contributed by atoms with Crippen molar-refractivity contribution in [1.29, 1.82) is 0 Å². The molecule has 1 amide bonds. The van der Waals surface area contributed by atoms with Crippen LogP contribution in [0.4, 0.5) is 0 Å². The highest BCUT2D eigenvalue weighted by atomic mass is 32.2. The van der Waals surface area contributed by atoms with Crippen LogP contribution in [-0.4, -0.2) is 44.0 Å². The van der Waals surface area contributed by atoms with E-state index in [4.69, 9.17) is 0 Å². The maximum atomic E-state index is 12.2. The Morgan fingerprint density at radius 1 is 1.19 bits per heavy atom. The highest BCUT2D eigenvalue weighted by molar-refractivity contribution is 7.88. The van der Waals surface area contributed by atoms with Crippen molar-refractivity contribution in [1.82, 2.24) is 9.62 Å². The molecule has 1 saturated heterocycles. The van der Waals surface area contributed by atoms with Crippen LogP contribution in [0.25, 0.3) is 0 Å². The molecular weight excluding hydrogens is 288 g/mol. The second-order valence-electron chi connectivity index (χ2n) is 6.67. The summed E-state index contributed by atoms with van der Waals surface area (Å²) in [5.41, 5.74) is 0. The molecule has 0 saturated carbocycles. The molecule has 6 heteroatoms. The number of nitrogens with one attached hydrogen (secondary N) is 1. The molecule has 1 aliphatic rings. The van der Waals surface area contributed by atoms with Crippen molar-refractivity contribution < 1.29 is 13.2 Å². The predicted molar refractivity (Wildman–Crippen MR) is 85.4 cm³/mol. The SMILES string of the molecule is CC(C)CCCC(C)NC(=O)C1CCN(S(C)(=O)=O)CC1. The van der Waals surface area contributed by atoms with Crippen LogP contribution < -0.4 is 5.32 Å². The first-order valence-corrected chi connectivity index (χ1v) is 9.80. The summed E-state index contributed by atoms with van der Waals surface area (Å²) in [4.78, 5) is 12.2. The Morgan fingerprint density at radius 3 is 2.24 bits per heavy atom. The van der Waals surface area contributed by atoms with Gasteiger partial charge in [0.2, 0.25) is 15.9 Å². The first-order valence-electron chi connectivity index (χ1n) is 7.95. The van der Waals surface area contributed by atoms with Crippen LogP contribution in [0.15, 0.2) is 0 Å². The second-order valence-corrected chi connectivity index (χ2v) is 8.65. The minimum absolute atomic E-state index is 0.0458. The molecule has 0 bridgehead atoms. The van der Waals surface area contributed by atoms with E-state index < -0.39 is 10.0 Å². The number of hydrogen-bond donors (Lipinski definition) is 1. The number of sulfonamides is 1. The third-order valence-electron chi connectivity index (χ3n) is 4.10. The molecule has 1 unspecified atom stereocenters. The van der Waals surface area contributed by atoms with Gasteiger partial charge in [-0.2, -0.15) is 0 Å². The van der Waals surface area contributed by atoms with Crippen molar-refractivity contribution in [2.45, 2.75) is 58.9 Å². The molecule has 5 nitrogen and oxygen atoms in total. The number of piperidine rings is 1. The van der Waals surface area contributed by atoms with Crippen LogP contribution in [0.1, 0.15) is 52.9 Å². The maximum absolute atomic E-state index is 12.2. The quantitative estimate of drug-likeness (QED) is 0.780. The standard InChI is InChI=1S/C15H30N2O3S/c1-12(2)6-5-7-13(3)16-15(18)14-8-10-17(11-9-14)21(4,19)20/h12-14H,5-11H2,1-4H3,(H,16,18). The lowest BCUT2D eigenvalue weighted by atomic mass is 9.96. The number of carbonyl (C=O) groups is 1. The van der Waals surface area contributed by atoms with Crippen molar-refractivity contribution in [3.05, 3.63) is 0 Å². The van der Waals surface area contributed by atoms with Gasteiger partial charge in [0, 0.05) is 25.0 Å². The molecule has 1 heterocycles. The zero-order valence-electron chi connectivity index (χ0n) is 13.8. The molecule has 1 rings (SSSR count). The van der Waals surface area contributed by atoms with Gasteiger partial charge < -0.3 is 5.32 Å². The first-order chi connectivity index (χ1) is 9.70. The summed E-state index contributed by atoms with van der Waals surface area (Å²) in [5, 5.41) is 3.07. The normalized spacial score (nSPS) is 19.7. The summed E-state index contributed by atoms with van der Waals surface area (Å²) in [5.74, 6) is 0.740. The van der Waals surface area contributed by atoms with Crippen LogP contribution in [0, 0.1) is 11.8 Å². The summed E-state index contributed by atoms with van der Waals surface area (Å²) in [6.07, 6.45) is 5.80. The van der Waals surface area contributed by atoms with E-state index in [-0.39, 0.29) is 17.9 Å². The molecule has 21 heavy (non-hydrogen) atoms. The lowest BCUT2D eigenvalue weighted by Crippen LogP contribution is -2.44. The molecular formula is C15H30N2O3S. The van der Waals surface area contributed by atoms with E-state index in [9.17, 15) is 13.2 Å². The molecule has 0 aromatic rings. The lowest BCUT2D eigenvalue weighted by molar-refractivity contribution is -0.126. The fourth-order valence-corrected chi connectivity index (χ4v) is 3.59. The third-order valence-corrected chi connectivity index (χ3v) is 5.40. The molecule has 0 spiro atoms. The molecule has 1 N–H and O–H groups in total. The van der Waals surface area contributed by atoms with Gasteiger partial charge in [-0.1, -0.05) is 26.7 Å². The van der Waals surface area contributed by atoms with Crippen molar-refractivity contribution in [3.8, 4) is 0 Å². The van der Waals surface area contributed by atoms with Gasteiger partial charge in [-0.25, -0.2) is 12.7 Å². The average Bonchev–Trinajstić information content (AvgIpc) is 2.37. The van der Waals surface area contributed by atoms with Crippen LogP contribution >= 0.6 is 0 Å². The smallest absolute Gasteiger partial charge is 0.223 e. The topological polar surface area (TPSA) is 66.5 Å². The Morgan fingerprint density at radius 2 is 1.76 bits per heavy atom. The van der Waals surface area contributed by atoms with Gasteiger partial charge in [0.15, 0.2) is 0 Å². The molecule has 1 fully saturated rings. The Kier molecular flexibility index (Phi) is 7.13. The summed E-state index contributed by atoms with van der Waals surface area (Å²) in [7, 11) is -3.12. The summed E-state index contributed by atoms with van der Waals surface area (Å²) >= 11 is 0. The van der Waals surface area contributed by atoms with Crippen molar-refractivity contribution >= 4 is 15.9 Å². The van der Waals surface area contributed by atoms with Gasteiger partial charge in [0.05, 0.1) is 6.26 Å². The van der Waals surface area contributed by atoms with Crippen molar-refractivity contribution in [3.63, 3.8) is 0 Å². The van der Waals surface area contributed by atoms with Gasteiger partial charge in [-0.15, -0.1) is 0 Å². The largest absolute Gasteiger partial charge is 0.353 e. The number of rotatable bonds is 7. The van der Waals surface area contributed by atoms with Crippen LogP contribution in [0.3, 0.4) is 0 Å². The van der Waals surface area contributed by atoms with Gasteiger partial charge in [-0.05, 0) is 32.1 Å². The Hall–Kier alpha value is -0.620. The number of hydrogen-bond acceptors (Lipinski definition) is 3. The summed E-state index contributed by atoms with van der Waals surface area (Å²) < 4.78 is 24.3. The zero-order chi connectivity index (χ0) is 16.0. The van der Waals surface area contributed by atoms with Gasteiger partial charge in [0.1, 0.15) is 0 Å². The number of nitrogens with zero attached hydrogens (tertiary/aromatic N) is 1. The third kappa shape index (κ3) is 6.78. The minimum atomic E-state index is -3.12. The molecule has 1 atom stereocenters. The highest BCUT2D eigenvalue weighted by Crippen LogP contribution is 2.19. The lowest BCUT2D eigenvalue weighted by Gasteiger charge is -2.30. The van der Waals surface area contributed by atoms with E-state index in [1.165, 1.54) is 17.0 Å². The Balaban J connectivity index is 2.30. The predicted octanol–water partition coefficient (Wildman–Crippen LogP) is 1.99. The van der Waals surface area contributed by atoms with Crippen LogP contribution in [0.5, 0.6) is 0 Å². The zero-order valence-corrected chi connectivity index (χ0v) is 14.6. The molecule has 0 aromatic carbocycles. The average molecular weight is 318 g/mol. The van der Waals surface area contributed by atoms with Gasteiger partial charge in [0.25, 0.3) is 0 Å². The van der Waals surface area contributed by atoms with Crippen LogP contribution in [-0.2, 0) is 14.8 Å². The highest BCUT2D eigenvalue weighted by Gasteiger charge is 2.29. The summed E-state index contributed by atoms with van der Waals surface area (Å²) in [6, 6.07) is 0.198. The fraction of sp³-hybridized carbons (Fsp3) is 0.933. The van der Waals surface area contributed by atoms with Crippen LogP contribution in [0.2, 0.25) is 0 Å². The molecule has 0 aromatic heterocycles. The molecule has 0 radical (unpaired) electrons. The summed E-state index contributed by atoms with van der Waals surface area (Å²) in [6.45, 7) is 7.37. The molecule has 124 valence electrons. The Labute approximate surface area is 129 Å². The monoisotopic (exact) mass is 318 g/mol. The van der Waals surface area contributed by atoms with E-state index in [0.717, 1.165) is 12.8 Å². The van der Waals surface area contributed by atoms with E-state index in [1.807, 2.05) is 6.92 Å². The van der Waals surface area contributed by atoms with E-state index >= 15 is 0 Å². The molecule has 1 aliphatic heterocycles. The van der Waals surface area contributed by atoms with E-state index in [2.05, 4.69) is 19.2 Å². The van der Waals surface area contributed by atoms with E-state index in [1.54, 1.807) is 0 Å². The van der Waals surface area contributed by atoms with Gasteiger partial charge in [-0.3, -0.25) is 4.79 Å².